The third-order valence-electron chi connectivity index (χ3n) is 4.72. The number of rotatable bonds is 5. The second kappa shape index (κ2) is 7.27. The molecule has 0 unspecified atom stereocenters. The molecule has 0 bridgehead atoms. The Morgan fingerprint density at radius 1 is 1.09 bits per heavy atom. The molecule has 1 nitrogen and oxygen atoms in total. The van der Waals surface area contributed by atoms with Gasteiger partial charge in [-0.3, -0.25) is 0 Å². The third-order valence-corrected chi connectivity index (χ3v) is 5.59. The lowest BCUT2D eigenvalue weighted by Gasteiger charge is -2.23. The Morgan fingerprint density at radius 2 is 1.78 bits per heavy atom. The number of hydrogen-bond acceptors (Lipinski definition) is 1. The quantitative estimate of drug-likeness (QED) is 0.552. The summed E-state index contributed by atoms with van der Waals surface area (Å²) in [6.45, 7) is 3.16. The van der Waals surface area contributed by atoms with Gasteiger partial charge >= 0.3 is 0 Å². The van der Waals surface area contributed by atoms with E-state index in [0.29, 0.717) is 5.41 Å². The normalized spacial score (nSPS) is 16.5. The summed E-state index contributed by atoms with van der Waals surface area (Å²) < 4.78 is 7.06. The van der Waals surface area contributed by atoms with E-state index in [1.54, 1.807) is 0 Å². The van der Waals surface area contributed by atoms with Gasteiger partial charge in [0.25, 0.3) is 0 Å². The second-order valence-electron chi connectivity index (χ2n) is 6.86. The minimum Gasteiger partial charge on any atom is -0.493 e. The van der Waals surface area contributed by atoms with Gasteiger partial charge in [0.1, 0.15) is 5.75 Å². The maximum Gasteiger partial charge on any atom is 0.119 e. The van der Waals surface area contributed by atoms with E-state index in [-0.39, 0.29) is 0 Å². The average molecular weight is 394 g/mol. The Kier molecular flexibility index (Phi) is 5.33. The Hall–Kier alpha value is -0.990. The Bertz CT molecular complexity index is 660. The van der Waals surface area contributed by atoms with Crippen LogP contribution in [0.2, 0.25) is 5.02 Å². The zero-order chi connectivity index (χ0) is 16.3. The lowest BCUT2D eigenvalue weighted by molar-refractivity contribution is 0.168. The van der Waals surface area contributed by atoms with Crippen LogP contribution in [0.25, 0.3) is 0 Å². The monoisotopic (exact) mass is 392 g/mol. The van der Waals surface area contributed by atoms with Crippen LogP contribution in [-0.4, -0.2) is 6.61 Å². The summed E-state index contributed by atoms with van der Waals surface area (Å²) in [5.74, 6) is 0.960. The van der Waals surface area contributed by atoms with Crippen LogP contribution < -0.4 is 4.74 Å². The Morgan fingerprint density at radius 3 is 2.48 bits per heavy atom. The molecule has 0 heterocycles. The van der Waals surface area contributed by atoms with E-state index in [2.05, 4.69) is 53.2 Å². The minimum absolute atomic E-state index is 0.364. The molecule has 122 valence electrons. The molecule has 0 N–H and O–H groups in total. The highest BCUT2D eigenvalue weighted by atomic mass is 79.9. The molecule has 0 radical (unpaired) electrons. The van der Waals surface area contributed by atoms with Gasteiger partial charge < -0.3 is 4.74 Å². The molecule has 0 saturated heterocycles. The lowest BCUT2D eigenvalue weighted by Crippen LogP contribution is -2.21. The predicted molar refractivity (Wildman–Crippen MR) is 100 cm³/mol. The summed E-state index contributed by atoms with van der Waals surface area (Å²) in [5, 5.41) is 0.808. The Labute approximate surface area is 152 Å². The number of hydrogen-bond donors (Lipinski definition) is 0. The van der Waals surface area contributed by atoms with E-state index in [4.69, 9.17) is 16.3 Å². The second-order valence-corrected chi connectivity index (χ2v) is 8.19. The molecule has 1 fully saturated rings. The van der Waals surface area contributed by atoms with Gasteiger partial charge in [-0.1, -0.05) is 59.4 Å². The van der Waals surface area contributed by atoms with Gasteiger partial charge in [-0.15, -0.1) is 0 Å². The molecule has 1 aliphatic rings. The fourth-order valence-electron chi connectivity index (χ4n) is 3.23. The third kappa shape index (κ3) is 4.51. The van der Waals surface area contributed by atoms with Gasteiger partial charge in [0, 0.05) is 14.9 Å². The van der Waals surface area contributed by atoms with Gasteiger partial charge in [0.15, 0.2) is 0 Å². The highest BCUT2D eigenvalue weighted by molar-refractivity contribution is 9.10. The van der Waals surface area contributed by atoms with E-state index in [0.717, 1.165) is 33.8 Å². The van der Waals surface area contributed by atoms with Crippen molar-refractivity contribution < 1.29 is 4.74 Å². The fourth-order valence-corrected chi connectivity index (χ4v) is 3.83. The summed E-state index contributed by atoms with van der Waals surface area (Å²) in [6.07, 6.45) is 6.08. The van der Waals surface area contributed by atoms with Crippen molar-refractivity contribution in [1.82, 2.24) is 0 Å². The van der Waals surface area contributed by atoms with Crippen molar-refractivity contribution in [3.05, 3.63) is 63.1 Å². The van der Waals surface area contributed by atoms with Crippen molar-refractivity contribution in [2.45, 2.75) is 39.0 Å². The molecule has 3 rings (SSSR count). The van der Waals surface area contributed by atoms with Crippen molar-refractivity contribution >= 4 is 27.5 Å². The molecule has 0 aliphatic heterocycles. The molecular formula is C20H22BrClO. The first kappa shape index (κ1) is 16.9. The molecule has 1 aliphatic carbocycles. The fraction of sp³-hybridized carbons (Fsp3) is 0.400. The van der Waals surface area contributed by atoms with Crippen LogP contribution in [0.5, 0.6) is 5.75 Å². The molecule has 0 atom stereocenters. The molecule has 2 aromatic rings. The van der Waals surface area contributed by atoms with Crippen molar-refractivity contribution in [2.75, 3.05) is 6.61 Å². The van der Waals surface area contributed by atoms with Gasteiger partial charge in [-0.25, -0.2) is 0 Å². The van der Waals surface area contributed by atoms with Crippen LogP contribution in [-0.2, 0) is 6.42 Å². The van der Waals surface area contributed by atoms with Gasteiger partial charge in [0.2, 0.25) is 0 Å². The zero-order valence-corrected chi connectivity index (χ0v) is 15.8. The summed E-state index contributed by atoms with van der Waals surface area (Å²) >= 11 is 9.77. The molecule has 0 spiro atoms. The first-order chi connectivity index (χ1) is 11.0. The van der Waals surface area contributed by atoms with Crippen molar-refractivity contribution in [1.29, 1.82) is 0 Å². The van der Waals surface area contributed by atoms with E-state index >= 15 is 0 Å². The van der Waals surface area contributed by atoms with E-state index in [1.165, 1.54) is 31.2 Å². The van der Waals surface area contributed by atoms with Crippen molar-refractivity contribution in [3.8, 4) is 5.75 Å². The van der Waals surface area contributed by atoms with Crippen molar-refractivity contribution in [3.63, 3.8) is 0 Å². The SMILES string of the molecule is CC1(COc2ccc(Cc3cc(Br)ccc3Cl)cc2)CCCC1. The zero-order valence-electron chi connectivity index (χ0n) is 13.4. The van der Waals surface area contributed by atoms with E-state index < -0.39 is 0 Å². The topological polar surface area (TPSA) is 9.23 Å². The molecule has 0 aromatic heterocycles. The Balaban J connectivity index is 1.61. The van der Waals surface area contributed by atoms with Gasteiger partial charge in [-0.2, -0.15) is 0 Å². The van der Waals surface area contributed by atoms with E-state index in [1.807, 2.05) is 12.1 Å². The first-order valence-corrected chi connectivity index (χ1v) is 9.37. The molecule has 23 heavy (non-hydrogen) atoms. The highest BCUT2D eigenvalue weighted by Crippen LogP contribution is 2.37. The molecule has 1 saturated carbocycles. The van der Waals surface area contributed by atoms with Crippen LogP contribution in [0, 0.1) is 5.41 Å². The molecular weight excluding hydrogens is 372 g/mol. The van der Waals surface area contributed by atoms with Crippen LogP contribution >= 0.6 is 27.5 Å². The number of halogens is 2. The minimum atomic E-state index is 0.364. The number of benzene rings is 2. The largest absolute Gasteiger partial charge is 0.493 e. The summed E-state index contributed by atoms with van der Waals surface area (Å²) in [4.78, 5) is 0. The summed E-state index contributed by atoms with van der Waals surface area (Å²) in [6, 6.07) is 14.4. The summed E-state index contributed by atoms with van der Waals surface area (Å²) in [5.41, 5.74) is 2.74. The van der Waals surface area contributed by atoms with Crippen LogP contribution in [0.1, 0.15) is 43.7 Å². The summed E-state index contributed by atoms with van der Waals surface area (Å²) in [7, 11) is 0. The lowest BCUT2D eigenvalue weighted by atomic mass is 9.90. The smallest absolute Gasteiger partial charge is 0.119 e. The predicted octanol–water partition coefficient (Wildman–Crippen LogP) is 6.65. The van der Waals surface area contributed by atoms with Crippen LogP contribution in [0.4, 0.5) is 0 Å². The standard InChI is InChI=1S/C20H22BrClO/c1-20(10-2-3-11-20)14-23-18-7-4-15(5-8-18)12-16-13-17(21)6-9-19(16)22/h4-9,13H,2-3,10-12,14H2,1H3. The molecule has 0 amide bonds. The first-order valence-electron chi connectivity index (χ1n) is 8.20. The maximum atomic E-state index is 6.27. The van der Waals surface area contributed by atoms with Crippen LogP contribution in [0.3, 0.4) is 0 Å². The average Bonchev–Trinajstić information content (AvgIpc) is 2.97. The van der Waals surface area contributed by atoms with Crippen molar-refractivity contribution in [2.24, 2.45) is 5.41 Å². The van der Waals surface area contributed by atoms with E-state index in [9.17, 15) is 0 Å². The van der Waals surface area contributed by atoms with Gasteiger partial charge in [0.05, 0.1) is 6.61 Å². The molecule has 3 heteroatoms. The highest BCUT2D eigenvalue weighted by Gasteiger charge is 2.29. The molecule has 2 aromatic carbocycles. The van der Waals surface area contributed by atoms with Crippen LogP contribution in [0.15, 0.2) is 46.9 Å². The maximum absolute atomic E-state index is 6.27. The van der Waals surface area contributed by atoms with Gasteiger partial charge in [-0.05, 0) is 60.7 Å². The number of ether oxygens (including phenoxy) is 1.